The summed E-state index contributed by atoms with van der Waals surface area (Å²) < 4.78 is 6.01. The van der Waals surface area contributed by atoms with Gasteiger partial charge in [0.1, 0.15) is 6.10 Å². The summed E-state index contributed by atoms with van der Waals surface area (Å²) in [4.78, 5) is 23.9. The molecule has 0 saturated carbocycles. The largest absolute Gasteiger partial charge is 0.472 e. The van der Waals surface area contributed by atoms with Crippen LogP contribution >= 0.6 is 11.8 Å². The number of fused-ring (bicyclic) bond motifs is 1. The highest BCUT2D eigenvalue weighted by Crippen LogP contribution is 2.22. The predicted octanol–water partition coefficient (Wildman–Crippen LogP) is 3.40. The summed E-state index contributed by atoms with van der Waals surface area (Å²) in [6, 6.07) is 15.7. The quantitative estimate of drug-likeness (QED) is 0.649. The van der Waals surface area contributed by atoms with Crippen molar-refractivity contribution in [2.24, 2.45) is 0 Å². The van der Waals surface area contributed by atoms with Gasteiger partial charge in [-0.15, -0.1) is 11.8 Å². The van der Waals surface area contributed by atoms with Crippen LogP contribution in [0.4, 0.5) is 0 Å². The Morgan fingerprint density at radius 2 is 2.00 bits per heavy atom. The van der Waals surface area contributed by atoms with E-state index in [2.05, 4.69) is 9.97 Å². The minimum Gasteiger partial charge on any atom is -0.472 e. The first-order chi connectivity index (χ1) is 12.8. The van der Waals surface area contributed by atoms with E-state index in [1.807, 2.05) is 53.4 Å². The first kappa shape index (κ1) is 16.8. The van der Waals surface area contributed by atoms with Crippen LogP contribution in [0.2, 0.25) is 0 Å². The molecule has 26 heavy (non-hydrogen) atoms. The fourth-order valence-electron chi connectivity index (χ4n) is 3.01. The van der Waals surface area contributed by atoms with Gasteiger partial charge in [0, 0.05) is 41.7 Å². The molecule has 0 unspecified atom stereocenters. The Morgan fingerprint density at radius 1 is 1.15 bits per heavy atom. The van der Waals surface area contributed by atoms with Crippen LogP contribution in [0.25, 0.3) is 10.9 Å². The van der Waals surface area contributed by atoms with Crippen molar-refractivity contribution in [2.45, 2.75) is 17.4 Å². The lowest BCUT2D eigenvalue weighted by Gasteiger charge is -2.17. The molecule has 2 aromatic heterocycles. The predicted molar refractivity (Wildman–Crippen MR) is 102 cm³/mol. The standard InChI is InChI=1S/C20H19N3O2S/c24-20(14-26-17-7-10-21-11-8-17)23-12-9-16(13-23)25-19-6-5-15-3-1-2-4-18(15)22-19/h1-8,10-11,16H,9,12-14H2/t16-/m0/s1. The molecule has 1 aliphatic rings. The Morgan fingerprint density at radius 3 is 2.88 bits per heavy atom. The second-order valence-electron chi connectivity index (χ2n) is 6.18. The molecule has 1 amide bonds. The number of likely N-dealkylation sites (tertiary alicyclic amines) is 1. The zero-order valence-electron chi connectivity index (χ0n) is 14.2. The van der Waals surface area contributed by atoms with E-state index in [1.54, 1.807) is 12.4 Å². The van der Waals surface area contributed by atoms with Gasteiger partial charge < -0.3 is 9.64 Å². The third-order valence-corrected chi connectivity index (χ3v) is 5.37. The minimum atomic E-state index is -0.00135. The molecule has 1 fully saturated rings. The highest BCUT2D eigenvalue weighted by Gasteiger charge is 2.27. The summed E-state index contributed by atoms with van der Waals surface area (Å²) >= 11 is 1.54. The van der Waals surface area contributed by atoms with Crippen LogP contribution in [-0.4, -0.2) is 45.7 Å². The second kappa shape index (κ2) is 7.74. The van der Waals surface area contributed by atoms with Gasteiger partial charge in [0.2, 0.25) is 11.8 Å². The van der Waals surface area contributed by atoms with Gasteiger partial charge in [-0.2, -0.15) is 0 Å². The topological polar surface area (TPSA) is 55.3 Å². The average Bonchev–Trinajstić information content (AvgIpc) is 3.15. The van der Waals surface area contributed by atoms with E-state index in [9.17, 15) is 4.79 Å². The molecule has 1 saturated heterocycles. The molecule has 0 radical (unpaired) electrons. The van der Waals surface area contributed by atoms with E-state index in [-0.39, 0.29) is 12.0 Å². The maximum atomic E-state index is 12.4. The maximum absolute atomic E-state index is 12.4. The molecule has 132 valence electrons. The molecule has 4 rings (SSSR count). The van der Waals surface area contributed by atoms with Crippen LogP contribution in [0.15, 0.2) is 65.8 Å². The van der Waals surface area contributed by atoms with Crippen LogP contribution in [0.3, 0.4) is 0 Å². The van der Waals surface area contributed by atoms with Crippen LogP contribution in [0.1, 0.15) is 6.42 Å². The average molecular weight is 365 g/mol. The number of benzene rings is 1. The molecule has 0 spiro atoms. The Kier molecular flexibility index (Phi) is 5.02. The first-order valence-electron chi connectivity index (χ1n) is 8.61. The molecular weight excluding hydrogens is 346 g/mol. The van der Waals surface area contributed by atoms with Crippen molar-refractivity contribution in [3.8, 4) is 5.88 Å². The molecular formula is C20H19N3O2S. The van der Waals surface area contributed by atoms with Gasteiger partial charge in [0.25, 0.3) is 0 Å². The smallest absolute Gasteiger partial charge is 0.233 e. The third kappa shape index (κ3) is 3.96. The van der Waals surface area contributed by atoms with E-state index in [0.29, 0.717) is 18.2 Å². The van der Waals surface area contributed by atoms with E-state index in [1.165, 1.54) is 11.8 Å². The van der Waals surface area contributed by atoms with Gasteiger partial charge in [0.15, 0.2) is 0 Å². The van der Waals surface area contributed by atoms with E-state index < -0.39 is 0 Å². The summed E-state index contributed by atoms with van der Waals surface area (Å²) in [5, 5.41) is 1.09. The number of hydrogen-bond acceptors (Lipinski definition) is 5. The lowest BCUT2D eigenvalue weighted by molar-refractivity contribution is -0.127. The van der Waals surface area contributed by atoms with Crippen LogP contribution < -0.4 is 4.74 Å². The van der Waals surface area contributed by atoms with Crippen LogP contribution in [0.5, 0.6) is 5.88 Å². The lowest BCUT2D eigenvalue weighted by Crippen LogP contribution is -2.32. The normalized spacial score (nSPS) is 16.8. The monoisotopic (exact) mass is 365 g/mol. The van der Waals surface area contributed by atoms with Crippen molar-refractivity contribution >= 4 is 28.6 Å². The fraction of sp³-hybridized carbons (Fsp3) is 0.250. The number of rotatable bonds is 5. The Labute approximate surface area is 156 Å². The van der Waals surface area contributed by atoms with Gasteiger partial charge in [-0.1, -0.05) is 18.2 Å². The number of ether oxygens (including phenoxy) is 1. The number of thioether (sulfide) groups is 1. The summed E-state index contributed by atoms with van der Waals surface area (Å²) in [5.74, 6) is 1.20. The zero-order valence-corrected chi connectivity index (χ0v) is 15.1. The molecule has 3 aromatic rings. The summed E-state index contributed by atoms with van der Waals surface area (Å²) in [5.41, 5.74) is 0.921. The van der Waals surface area contributed by atoms with Gasteiger partial charge >= 0.3 is 0 Å². The molecule has 5 nitrogen and oxygen atoms in total. The van der Waals surface area contributed by atoms with E-state index in [0.717, 1.165) is 28.8 Å². The highest BCUT2D eigenvalue weighted by molar-refractivity contribution is 8.00. The summed E-state index contributed by atoms with van der Waals surface area (Å²) in [6.45, 7) is 1.35. The molecule has 6 heteroatoms. The molecule has 0 N–H and O–H groups in total. The number of pyridine rings is 2. The molecule has 1 aromatic carbocycles. The number of carbonyl (C=O) groups excluding carboxylic acids is 1. The van der Waals surface area contributed by atoms with Crippen molar-refractivity contribution < 1.29 is 9.53 Å². The minimum absolute atomic E-state index is 0.00135. The van der Waals surface area contributed by atoms with E-state index in [4.69, 9.17) is 4.74 Å². The maximum Gasteiger partial charge on any atom is 0.233 e. The van der Waals surface area contributed by atoms with Crippen LogP contribution in [0, 0.1) is 0 Å². The number of para-hydroxylation sites is 1. The number of nitrogens with zero attached hydrogens (tertiary/aromatic N) is 3. The Bertz CT molecular complexity index is 904. The summed E-state index contributed by atoms with van der Waals surface area (Å²) in [7, 11) is 0. The second-order valence-corrected chi connectivity index (χ2v) is 7.23. The lowest BCUT2D eigenvalue weighted by atomic mass is 10.2. The Hall–Kier alpha value is -2.60. The van der Waals surface area contributed by atoms with E-state index >= 15 is 0 Å². The number of hydrogen-bond donors (Lipinski definition) is 0. The van der Waals surface area contributed by atoms with Crippen molar-refractivity contribution in [1.82, 2.24) is 14.9 Å². The molecule has 0 bridgehead atoms. The number of carbonyl (C=O) groups is 1. The van der Waals surface area contributed by atoms with Gasteiger partial charge in [-0.3, -0.25) is 9.78 Å². The SMILES string of the molecule is O=C(CSc1ccncc1)N1CC[C@H](Oc2ccc3ccccc3n2)C1. The van der Waals surface area contributed by atoms with Gasteiger partial charge in [0.05, 0.1) is 17.8 Å². The number of amides is 1. The molecule has 3 heterocycles. The molecule has 0 aliphatic carbocycles. The number of aromatic nitrogens is 2. The Balaban J connectivity index is 1.32. The summed E-state index contributed by atoms with van der Waals surface area (Å²) in [6.07, 6.45) is 4.31. The highest BCUT2D eigenvalue weighted by atomic mass is 32.2. The van der Waals surface area contributed by atoms with Crippen LogP contribution in [-0.2, 0) is 4.79 Å². The van der Waals surface area contributed by atoms with Crippen molar-refractivity contribution in [3.63, 3.8) is 0 Å². The van der Waals surface area contributed by atoms with Crippen molar-refractivity contribution in [2.75, 3.05) is 18.8 Å². The van der Waals surface area contributed by atoms with Crippen molar-refractivity contribution in [3.05, 3.63) is 60.9 Å². The fourth-order valence-corrected chi connectivity index (χ4v) is 3.79. The van der Waals surface area contributed by atoms with Gasteiger partial charge in [-0.25, -0.2) is 4.98 Å². The zero-order chi connectivity index (χ0) is 17.8. The van der Waals surface area contributed by atoms with Crippen molar-refractivity contribution in [1.29, 1.82) is 0 Å². The molecule has 1 aliphatic heterocycles. The van der Waals surface area contributed by atoms with Gasteiger partial charge in [-0.05, 0) is 24.3 Å². The first-order valence-corrected chi connectivity index (χ1v) is 9.59. The molecule has 1 atom stereocenters. The third-order valence-electron chi connectivity index (χ3n) is 4.37.